The SMILES string of the molecule is CCOc1cc(/C=C(\C#N)C(=O)NCc2ccco2)ccc1OC(=O)/C=C/c1ccc(Cl)cc1. The first-order valence-corrected chi connectivity index (χ1v) is 10.7. The lowest BCUT2D eigenvalue weighted by Gasteiger charge is -2.11. The van der Waals surface area contributed by atoms with Crippen molar-refractivity contribution in [3.05, 3.63) is 94.4 Å². The number of hydrogen-bond acceptors (Lipinski definition) is 6. The van der Waals surface area contributed by atoms with Crippen LogP contribution < -0.4 is 14.8 Å². The highest BCUT2D eigenvalue weighted by atomic mass is 35.5. The number of nitrogens with zero attached hydrogens (tertiary/aromatic N) is 1. The van der Waals surface area contributed by atoms with Gasteiger partial charge in [0.25, 0.3) is 5.91 Å². The number of hydrogen-bond donors (Lipinski definition) is 1. The quantitative estimate of drug-likeness (QED) is 0.198. The summed E-state index contributed by atoms with van der Waals surface area (Å²) >= 11 is 5.86. The van der Waals surface area contributed by atoms with E-state index in [0.717, 1.165) is 5.56 Å². The third-order valence-electron chi connectivity index (χ3n) is 4.44. The van der Waals surface area contributed by atoms with E-state index in [1.807, 2.05) is 6.07 Å². The van der Waals surface area contributed by atoms with Crippen molar-refractivity contribution < 1.29 is 23.5 Å². The van der Waals surface area contributed by atoms with Gasteiger partial charge in [-0.25, -0.2) is 4.79 Å². The van der Waals surface area contributed by atoms with Crippen molar-refractivity contribution >= 4 is 35.6 Å². The van der Waals surface area contributed by atoms with Crippen LogP contribution in [-0.4, -0.2) is 18.5 Å². The molecule has 1 aromatic heterocycles. The molecule has 0 radical (unpaired) electrons. The average molecular weight is 477 g/mol. The highest BCUT2D eigenvalue weighted by molar-refractivity contribution is 6.30. The van der Waals surface area contributed by atoms with Crippen molar-refractivity contribution in [2.75, 3.05) is 6.61 Å². The lowest BCUT2D eigenvalue weighted by atomic mass is 10.1. The molecule has 0 saturated heterocycles. The minimum absolute atomic E-state index is 0.0929. The maximum absolute atomic E-state index is 12.3. The Morgan fingerprint density at radius 1 is 1.12 bits per heavy atom. The molecule has 7 nitrogen and oxygen atoms in total. The number of furan rings is 1. The predicted octanol–water partition coefficient (Wildman–Crippen LogP) is 5.17. The van der Waals surface area contributed by atoms with Gasteiger partial charge in [0, 0.05) is 11.1 Å². The van der Waals surface area contributed by atoms with Crippen LogP contribution in [-0.2, 0) is 16.1 Å². The highest BCUT2D eigenvalue weighted by Gasteiger charge is 2.13. The predicted molar refractivity (Wildman–Crippen MR) is 128 cm³/mol. The maximum atomic E-state index is 12.3. The molecule has 0 atom stereocenters. The lowest BCUT2D eigenvalue weighted by Crippen LogP contribution is -2.23. The number of amides is 1. The molecule has 1 amide bonds. The van der Waals surface area contributed by atoms with Gasteiger partial charge in [-0.1, -0.05) is 29.8 Å². The molecular weight excluding hydrogens is 456 g/mol. The van der Waals surface area contributed by atoms with Crippen LogP contribution in [0.15, 0.2) is 76.9 Å². The molecule has 3 aromatic rings. The Balaban J connectivity index is 1.71. The molecule has 0 aliphatic heterocycles. The molecule has 8 heteroatoms. The van der Waals surface area contributed by atoms with E-state index in [0.29, 0.717) is 28.7 Å². The molecule has 0 spiro atoms. The molecule has 34 heavy (non-hydrogen) atoms. The van der Waals surface area contributed by atoms with Crippen LogP contribution in [0.3, 0.4) is 0 Å². The Bertz CT molecular complexity index is 1240. The number of nitrogens with one attached hydrogen (secondary N) is 1. The number of rotatable bonds is 9. The van der Waals surface area contributed by atoms with Crippen molar-refractivity contribution in [1.29, 1.82) is 5.26 Å². The van der Waals surface area contributed by atoms with Crippen molar-refractivity contribution in [2.24, 2.45) is 0 Å². The zero-order valence-corrected chi connectivity index (χ0v) is 19.0. The van der Waals surface area contributed by atoms with E-state index in [1.165, 1.54) is 18.4 Å². The lowest BCUT2D eigenvalue weighted by molar-refractivity contribution is -0.129. The van der Waals surface area contributed by atoms with E-state index in [1.54, 1.807) is 67.6 Å². The number of carbonyl (C=O) groups is 2. The zero-order chi connectivity index (χ0) is 24.3. The summed E-state index contributed by atoms with van der Waals surface area (Å²) in [5, 5.41) is 12.6. The van der Waals surface area contributed by atoms with Crippen LogP contribution in [0.5, 0.6) is 11.5 Å². The normalized spacial score (nSPS) is 11.1. The molecule has 0 aliphatic rings. The number of ether oxygens (including phenoxy) is 2. The first kappa shape index (κ1) is 24.4. The number of esters is 1. The molecule has 1 N–H and O–H groups in total. The fraction of sp³-hybridized carbons (Fsp3) is 0.115. The molecule has 0 saturated carbocycles. The van der Waals surface area contributed by atoms with Gasteiger partial charge in [0.2, 0.25) is 0 Å². The second-order valence-corrected chi connectivity index (χ2v) is 7.31. The van der Waals surface area contributed by atoms with E-state index in [-0.39, 0.29) is 17.9 Å². The second-order valence-electron chi connectivity index (χ2n) is 6.88. The summed E-state index contributed by atoms with van der Waals surface area (Å²) in [6.45, 7) is 2.28. The smallest absolute Gasteiger partial charge is 0.336 e. The molecule has 2 aromatic carbocycles. The van der Waals surface area contributed by atoms with Gasteiger partial charge >= 0.3 is 5.97 Å². The van der Waals surface area contributed by atoms with Gasteiger partial charge in [-0.2, -0.15) is 5.26 Å². The fourth-order valence-electron chi connectivity index (χ4n) is 2.84. The van der Waals surface area contributed by atoms with E-state index < -0.39 is 11.9 Å². The van der Waals surface area contributed by atoms with Crippen molar-refractivity contribution in [3.8, 4) is 17.6 Å². The number of nitriles is 1. The molecule has 0 fully saturated rings. The molecule has 0 unspecified atom stereocenters. The number of benzene rings is 2. The summed E-state index contributed by atoms with van der Waals surface area (Å²) < 4.78 is 16.2. The summed E-state index contributed by atoms with van der Waals surface area (Å²) in [5.41, 5.74) is 1.23. The standard InChI is InChI=1S/C26H21ClN2O5/c1-2-32-24-15-19(14-20(16-28)26(31)29-17-22-4-3-13-33-22)7-11-23(24)34-25(30)12-8-18-5-9-21(27)10-6-18/h3-15H,2,17H2,1H3,(H,29,31)/b12-8+,20-14+. The highest BCUT2D eigenvalue weighted by Crippen LogP contribution is 2.29. The van der Waals surface area contributed by atoms with Gasteiger partial charge < -0.3 is 19.2 Å². The molecular formula is C26H21ClN2O5. The molecule has 1 heterocycles. The van der Waals surface area contributed by atoms with Gasteiger partial charge in [0.15, 0.2) is 11.5 Å². The van der Waals surface area contributed by atoms with Crippen molar-refractivity contribution in [2.45, 2.75) is 13.5 Å². The van der Waals surface area contributed by atoms with Gasteiger partial charge in [-0.3, -0.25) is 4.79 Å². The van der Waals surface area contributed by atoms with Crippen molar-refractivity contribution in [1.82, 2.24) is 5.32 Å². The minimum atomic E-state index is -0.589. The van der Waals surface area contributed by atoms with Gasteiger partial charge in [0.1, 0.15) is 17.4 Å². The minimum Gasteiger partial charge on any atom is -0.490 e. The molecule has 172 valence electrons. The van der Waals surface area contributed by atoms with E-state index in [2.05, 4.69) is 5.32 Å². The summed E-state index contributed by atoms with van der Waals surface area (Å²) in [6, 6.07) is 17.1. The van der Waals surface area contributed by atoms with E-state index >= 15 is 0 Å². The van der Waals surface area contributed by atoms with Gasteiger partial charge in [0.05, 0.1) is 19.4 Å². The van der Waals surface area contributed by atoms with Crippen molar-refractivity contribution in [3.63, 3.8) is 0 Å². The Hall–Kier alpha value is -4.28. The summed E-state index contributed by atoms with van der Waals surface area (Å²) in [7, 11) is 0. The van der Waals surface area contributed by atoms with E-state index in [4.69, 9.17) is 25.5 Å². The van der Waals surface area contributed by atoms with Crippen LogP contribution in [0.25, 0.3) is 12.2 Å². The largest absolute Gasteiger partial charge is 0.490 e. The Labute approximate surface area is 201 Å². The summed E-state index contributed by atoms with van der Waals surface area (Å²) in [4.78, 5) is 24.6. The first-order valence-electron chi connectivity index (χ1n) is 10.3. The summed E-state index contributed by atoms with van der Waals surface area (Å²) in [6.07, 6.45) is 5.83. The third-order valence-corrected chi connectivity index (χ3v) is 4.69. The van der Waals surface area contributed by atoms with Crippen LogP contribution in [0.2, 0.25) is 5.02 Å². The maximum Gasteiger partial charge on any atom is 0.336 e. The van der Waals surface area contributed by atoms with Gasteiger partial charge in [-0.05, 0) is 66.6 Å². The Morgan fingerprint density at radius 3 is 2.56 bits per heavy atom. The first-order chi connectivity index (χ1) is 16.5. The number of carbonyl (C=O) groups excluding carboxylic acids is 2. The van der Waals surface area contributed by atoms with Crippen LogP contribution in [0.1, 0.15) is 23.8 Å². The molecule has 3 rings (SSSR count). The average Bonchev–Trinajstić information content (AvgIpc) is 3.36. The topological polar surface area (TPSA) is 102 Å². The van der Waals surface area contributed by atoms with Gasteiger partial charge in [-0.15, -0.1) is 0 Å². The Morgan fingerprint density at radius 2 is 1.88 bits per heavy atom. The van der Waals surface area contributed by atoms with Crippen LogP contribution in [0, 0.1) is 11.3 Å². The second kappa shape index (κ2) is 12.1. The van der Waals surface area contributed by atoms with E-state index in [9.17, 15) is 14.9 Å². The van der Waals surface area contributed by atoms with Crippen LogP contribution >= 0.6 is 11.6 Å². The monoisotopic (exact) mass is 476 g/mol. The number of halogens is 1. The fourth-order valence-corrected chi connectivity index (χ4v) is 2.96. The zero-order valence-electron chi connectivity index (χ0n) is 18.3. The molecule has 0 aliphatic carbocycles. The summed E-state index contributed by atoms with van der Waals surface area (Å²) in [5.74, 6) is -0.0437. The Kier molecular flexibility index (Phi) is 8.67. The molecule has 0 bridgehead atoms. The van der Waals surface area contributed by atoms with Crippen LogP contribution in [0.4, 0.5) is 0 Å². The third kappa shape index (κ3) is 7.12.